The van der Waals surface area contributed by atoms with Crippen molar-refractivity contribution >= 4 is 18.4 Å². The Balaban J connectivity index is 2.32. The van der Waals surface area contributed by atoms with Crippen LogP contribution in [-0.4, -0.2) is 13.3 Å². The van der Waals surface area contributed by atoms with E-state index in [1.54, 1.807) is 0 Å². The molecule has 1 aliphatic rings. The lowest BCUT2D eigenvalue weighted by atomic mass is 9.70. The first-order valence-corrected chi connectivity index (χ1v) is 5.40. The van der Waals surface area contributed by atoms with E-state index in [0.717, 1.165) is 0 Å². The molecule has 73 valence electrons. The van der Waals surface area contributed by atoms with Gasteiger partial charge in [0, 0.05) is 11.7 Å². The maximum atomic E-state index is 3.46. The van der Waals surface area contributed by atoms with Crippen molar-refractivity contribution in [3.8, 4) is 0 Å². The van der Waals surface area contributed by atoms with Gasteiger partial charge in [-0.15, -0.1) is 0 Å². The zero-order valence-electron chi connectivity index (χ0n) is 9.22. The molecule has 0 saturated heterocycles. The largest absolute Gasteiger partial charge is 0.383 e. The van der Waals surface area contributed by atoms with E-state index in [9.17, 15) is 0 Å². The van der Waals surface area contributed by atoms with Crippen LogP contribution in [-0.2, 0) is 6.42 Å². The van der Waals surface area contributed by atoms with E-state index in [2.05, 4.69) is 45.5 Å². The highest BCUT2D eigenvalue weighted by Gasteiger charge is 2.14. The van der Waals surface area contributed by atoms with Crippen molar-refractivity contribution in [3.63, 3.8) is 0 Å². The molecule has 1 aromatic carbocycles. The monoisotopic (exact) mass is 186 g/mol. The van der Waals surface area contributed by atoms with Gasteiger partial charge < -0.3 is 5.32 Å². The number of benzene rings is 1. The predicted octanol–water partition coefficient (Wildman–Crippen LogP) is 2.12. The molecule has 0 saturated carbocycles. The molecule has 1 nitrogen and oxygen atoms in total. The van der Waals surface area contributed by atoms with E-state index in [1.807, 2.05) is 0 Å². The Bertz CT molecular complexity index is 344. The summed E-state index contributed by atoms with van der Waals surface area (Å²) in [7, 11) is 2.35. The maximum Gasteiger partial charge on any atom is 0.152 e. The third-order valence-corrected chi connectivity index (χ3v) is 2.69. The summed E-state index contributed by atoms with van der Waals surface area (Å²) in [4.78, 5) is 0. The third-order valence-electron chi connectivity index (χ3n) is 2.69. The summed E-state index contributed by atoms with van der Waals surface area (Å²) >= 11 is 0. The molecule has 0 unspecified atom stereocenters. The van der Waals surface area contributed by atoms with Gasteiger partial charge in [0.05, 0.1) is 0 Å². The molecule has 2 heteroatoms. The fourth-order valence-electron chi connectivity index (χ4n) is 2.16. The van der Waals surface area contributed by atoms with E-state index in [1.165, 1.54) is 35.0 Å². The van der Waals surface area contributed by atoms with Gasteiger partial charge in [-0.2, -0.15) is 0 Å². The maximum absolute atomic E-state index is 3.46. The standard InChI is InChI=1S/C12H17BN/c1-8(2)14-11-6-9(3)12-10(7-11)4-5-13-12/h6-8,14H,4-5H2,1-3H3. The second-order valence-electron chi connectivity index (χ2n) is 4.41. The van der Waals surface area contributed by atoms with Gasteiger partial charge in [-0.3, -0.25) is 0 Å². The first-order valence-electron chi connectivity index (χ1n) is 5.40. The first-order chi connectivity index (χ1) is 6.66. The minimum atomic E-state index is 0.512. The normalized spacial score (nSPS) is 14.0. The molecule has 1 N–H and O–H groups in total. The second kappa shape index (κ2) is 3.68. The summed E-state index contributed by atoms with van der Waals surface area (Å²) in [5, 5.41) is 3.46. The molecule has 0 fully saturated rings. The van der Waals surface area contributed by atoms with Crippen molar-refractivity contribution in [1.82, 2.24) is 0 Å². The SMILES string of the molecule is Cc1cc(NC(C)C)cc2c1[B]CC2. The number of hydrogen-bond acceptors (Lipinski definition) is 1. The van der Waals surface area contributed by atoms with Gasteiger partial charge >= 0.3 is 0 Å². The molecule has 0 aromatic heterocycles. The van der Waals surface area contributed by atoms with Gasteiger partial charge in [-0.1, -0.05) is 22.9 Å². The van der Waals surface area contributed by atoms with Gasteiger partial charge in [0.2, 0.25) is 0 Å². The molecule has 1 aliphatic heterocycles. The number of nitrogens with one attached hydrogen (secondary N) is 1. The predicted molar refractivity (Wildman–Crippen MR) is 63.8 cm³/mol. The average Bonchev–Trinajstić information content (AvgIpc) is 2.50. The number of fused-ring (bicyclic) bond motifs is 1. The van der Waals surface area contributed by atoms with Crippen LogP contribution in [0.15, 0.2) is 12.1 Å². The topological polar surface area (TPSA) is 12.0 Å². The van der Waals surface area contributed by atoms with Crippen LogP contribution in [0.1, 0.15) is 25.0 Å². The van der Waals surface area contributed by atoms with Crippen LogP contribution in [0, 0.1) is 6.92 Å². The molecular formula is C12H17BN. The number of aryl methyl sites for hydroxylation is 2. The fourth-order valence-corrected chi connectivity index (χ4v) is 2.16. The minimum Gasteiger partial charge on any atom is -0.383 e. The van der Waals surface area contributed by atoms with E-state index in [4.69, 9.17) is 0 Å². The third kappa shape index (κ3) is 1.79. The van der Waals surface area contributed by atoms with Gasteiger partial charge in [-0.25, -0.2) is 0 Å². The van der Waals surface area contributed by atoms with Crippen LogP contribution in [0.5, 0.6) is 0 Å². The highest BCUT2D eigenvalue weighted by atomic mass is 14.9. The molecule has 1 aromatic rings. The van der Waals surface area contributed by atoms with Crippen LogP contribution in [0.3, 0.4) is 0 Å². The zero-order valence-corrected chi connectivity index (χ0v) is 9.22. The molecule has 2 rings (SSSR count). The summed E-state index contributed by atoms with van der Waals surface area (Å²) in [6.45, 7) is 6.55. The molecular weight excluding hydrogens is 169 g/mol. The fraction of sp³-hybridized carbons (Fsp3) is 0.500. The summed E-state index contributed by atoms with van der Waals surface area (Å²) in [5.74, 6) is 0. The molecule has 1 heterocycles. The highest BCUT2D eigenvalue weighted by Crippen LogP contribution is 2.18. The Kier molecular flexibility index (Phi) is 2.53. The summed E-state index contributed by atoms with van der Waals surface area (Å²) in [6.07, 6.45) is 2.42. The van der Waals surface area contributed by atoms with Crippen molar-refractivity contribution < 1.29 is 0 Å². The summed E-state index contributed by atoms with van der Waals surface area (Å²) < 4.78 is 0. The van der Waals surface area contributed by atoms with Crippen molar-refractivity contribution in [3.05, 3.63) is 23.3 Å². The molecule has 0 amide bonds. The minimum absolute atomic E-state index is 0.512. The Morgan fingerprint density at radius 2 is 2.14 bits per heavy atom. The van der Waals surface area contributed by atoms with E-state index in [-0.39, 0.29) is 0 Å². The van der Waals surface area contributed by atoms with E-state index >= 15 is 0 Å². The van der Waals surface area contributed by atoms with Crippen molar-refractivity contribution in [2.24, 2.45) is 0 Å². The van der Waals surface area contributed by atoms with Crippen LogP contribution in [0.2, 0.25) is 6.32 Å². The van der Waals surface area contributed by atoms with E-state index in [0.29, 0.717) is 6.04 Å². The molecule has 0 bridgehead atoms. The summed E-state index contributed by atoms with van der Waals surface area (Å²) in [5.41, 5.74) is 5.65. The Morgan fingerprint density at radius 3 is 2.86 bits per heavy atom. The van der Waals surface area contributed by atoms with Gasteiger partial charge in [0.25, 0.3) is 0 Å². The van der Waals surface area contributed by atoms with E-state index < -0.39 is 0 Å². The Hall–Kier alpha value is -0.915. The quantitative estimate of drug-likeness (QED) is 0.697. The first kappa shape index (κ1) is 9.63. The molecule has 14 heavy (non-hydrogen) atoms. The molecule has 0 spiro atoms. The van der Waals surface area contributed by atoms with Gasteiger partial charge in [0.15, 0.2) is 7.28 Å². The van der Waals surface area contributed by atoms with Crippen molar-refractivity contribution in [2.45, 2.75) is 39.6 Å². The Labute approximate surface area is 87.2 Å². The van der Waals surface area contributed by atoms with Crippen LogP contribution >= 0.6 is 0 Å². The Morgan fingerprint density at radius 1 is 1.36 bits per heavy atom. The van der Waals surface area contributed by atoms with Gasteiger partial charge in [-0.05, 0) is 39.3 Å². The lowest BCUT2D eigenvalue weighted by Crippen LogP contribution is -2.17. The number of anilines is 1. The van der Waals surface area contributed by atoms with Crippen LogP contribution in [0.25, 0.3) is 0 Å². The lowest BCUT2D eigenvalue weighted by Gasteiger charge is -2.13. The summed E-state index contributed by atoms with van der Waals surface area (Å²) in [6, 6.07) is 5.06. The molecule has 1 radical (unpaired) electrons. The van der Waals surface area contributed by atoms with Crippen LogP contribution < -0.4 is 10.8 Å². The van der Waals surface area contributed by atoms with Crippen molar-refractivity contribution in [2.75, 3.05) is 5.32 Å². The van der Waals surface area contributed by atoms with Crippen molar-refractivity contribution in [1.29, 1.82) is 0 Å². The smallest absolute Gasteiger partial charge is 0.152 e. The highest BCUT2D eigenvalue weighted by molar-refractivity contribution is 6.56. The van der Waals surface area contributed by atoms with Gasteiger partial charge in [0.1, 0.15) is 0 Å². The number of rotatable bonds is 2. The molecule has 0 aliphatic carbocycles. The zero-order chi connectivity index (χ0) is 10.1. The lowest BCUT2D eigenvalue weighted by molar-refractivity contribution is 0.899. The average molecular weight is 186 g/mol. The number of hydrogen-bond donors (Lipinski definition) is 1. The second-order valence-corrected chi connectivity index (χ2v) is 4.41. The molecule has 0 atom stereocenters. The van der Waals surface area contributed by atoms with Crippen LogP contribution in [0.4, 0.5) is 5.69 Å².